The van der Waals surface area contributed by atoms with Crippen LogP contribution in [0.4, 0.5) is 4.79 Å². The second-order valence-electron chi connectivity index (χ2n) is 3.05. The molecule has 5 nitrogen and oxygen atoms in total. The van der Waals surface area contributed by atoms with E-state index in [2.05, 4.69) is 15.0 Å². The number of nitrogens with zero attached hydrogens (tertiary/aromatic N) is 1. The molecule has 0 bridgehead atoms. The second-order valence-corrected chi connectivity index (χ2v) is 4.12. The highest BCUT2D eigenvalue weighted by molar-refractivity contribution is 14.1. The molecule has 0 aliphatic rings. The molecule has 6 heteroatoms. The first-order chi connectivity index (χ1) is 7.63. The maximum atomic E-state index is 11.3. The lowest BCUT2D eigenvalue weighted by molar-refractivity contribution is -0.111. The van der Waals surface area contributed by atoms with Gasteiger partial charge in [-0.05, 0) is 17.7 Å². The molecule has 0 aliphatic heterocycles. The molecule has 1 heterocycles. The van der Waals surface area contributed by atoms with Crippen molar-refractivity contribution in [2.75, 3.05) is 7.11 Å². The molecule has 0 radical (unpaired) electrons. The maximum Gasteiger partial charge on any atom is 0.407 e. The Bertz CT molecular complexity index is 370. The minimum Gasteiger partial charge on any atom is -0.453 e. The number of halogens is 1. The Morgan fingerprint density at radius 2 is 2.12 bits per heavy atom. The van der Waals surface area contributed by atoms with Gasteiger partial charge in [0.2, 0.25) is 3.79 Å². The van der Waals surface area contributed by atoms with Crippen molar-refractivity contribution in [3.8, 4) is 0 Å². The van der Waals surface area contributed by atoms with E-state index in [1.807, 2.05) is 0 Å². The van der Waals surface area contributed by atoms with Gasteiger partial charge in [0.25, 0.3) is 0 Å². The van der Waals surface area contributed by atoms with E-state index in [0.29, 0.717) is 6.42 Å². The van der Waals surface area contributed by atoms with Gasteiger partial charge >= 0.3 is 6.09 Å². The first-order valence-electron chi connectivity index (χ1n) is 4.56. The zero-order chi connectivity index (χ0) is 12.0. The fraction of sp³-hybridized carbons (Fsp3) is 0.300. The van der Waals surface area contributed by atoms with Gasteiger partial charge in [-0.15, -0.1) is 0 Å². The minimum atomic E-state index is -0.607. The fourth-order valence-electron chi connectivity index (χ4n) is 1.14. The largest absolute Gasteiger partial charge is 0.453 e. The van der Waals surface area contributed by atoms with Crippen LogP contribution in [-0.2, 0) is 16.0 Å². The molecular weight excluding hydrogens is 323 g/mol. The van der Waals surface area contributed by atoms with E-state index in [0.717, 1.165) is 5.56 Å². The van der Waals surface area contributed by atoms with Gasteiger partial charge < -0.3 is 10.1 Å². The van der Waals surface area contributed by atoms with E-state index in [1.165, 1.54) is 7.11 Å². The van der Waals surface area contributed by atoms with Crippen molar-refractivity contribution in [3.63, 3.8) is 0 Å². The highest BCUT2D eigenvalue weighted by Gasteiger charge is 2.18. The van der Waals surface area contributed by atoms with E-state index in [-0.39, 0.29) is 3.79 Å². The molecule has 1 amide bonds. The number of ether oxygens (including phenoxy) is 1. The molecule has 0 aromatic carbocycles. The third kappa shape index (κ3) is 4.13. The molecule has 1 aromatic rings. The zero-order valence-corrected chi connectivity index (χ0v) is 10.8. The van der Waals surface area contributed by atoms with Gasteiger partial charge in [-0.25, -0.2) is 4.79 Å². The Morgan fingerprint density at radius 1 is 1.50 bits per heavy atom. The number of rotatable bonds is 4. The quantitative estimate of drug-likeness (QED) is 0.666. The van der Waals surface area contributed by atoms with Crippen LogP contribution in [0.1, 0.15) is 5.56 Å². The van der Waals surface area contributed by atoms with E-state index in [9.17, 15) is 9.59 Å². The molecule has 0 saturated heterocycles. The number of methoxy groups -OCH3 is 1. The number of nitrogens with one attached hydrogen (secondary N) is 1. The van der Waals surface area contributed by atoms with Crippen molar-refractivity contribution >= 4 is 32.5 Å². The van der Waals surface area contributed by atoms with E-state index in [1.54, 1.807) is 47.1 Å². The van der Waals surface area contributed by atoms with E-state index >= 15 is 0 Å². The van der Waals surface area contributed by atoms with Gasteiger partial charge in [0.15, 0.2) is 0 Å². The third-order valence-corrected chi connectivity index (χ3v) is 2.69. The molecule has 0 unspecified atom stereocenters. The number of amides is 1. The van der Waals surface area contributed by atoms with Gasteiger partial charge in [-0.1, -0.05) is 0 Å². The smallest absolute Gasteiger partial charge is 0.407 e. The summed E-state index contributed by atoms with van der Waals surface area (Å²) in [7, 11) is 1.26. The van der Waals surface area contributed by atoms with Crippen molar-refractivity contribution < 1.29 is 14.3 Å². The Morgan fingerprint density at radius 3 is 2.62 bits per heavy atom. The number of hydrogen-bond acceptors (Lipinski definition) is 4. The normalized spacial score (nSPS) is 11.6. The van der Waals surface area contributed by atoms with Crippen LogP contribution in [-0.4, -0.2) is 28.0 Å². The summed E-state index contributed by atoms with van der Waals surface area (Å²) < 4.78 is 4.31. The molecule has 0 saturated carbocycles. The summed E-state index contributed by atoms with van der Waals surface area (Å²) in [6.07, 6.45) is 3.10. The van der Waals surface area contributed by atoms with Crippen LogP contribution < -0.4 is 5.32 Å². The van der Waals surface area contributed by atoms with Gasteiger partial charge in [-0.3, -0.25) is 9.78 Å². The molecule has 0 fully saturated rings. The number of pyridine rings is 1. The topological polar surface area (TPSA) is 68.3 Å². The number of alkyl carbamates (subject to hydrolysis) is 1. The molecule has 1 atom stereocenters. The lowest BCUT2D eigenvalue weighted by Gasteiger charge is -2.13. The predicted octanol–water partition coefficient (Wildman–Crippen LogP) is 1.31. The highest BCUT2D eigenvalue weighted by atomic mass is 127. The molecule has 1 N–H and O–H groups in total. The second kappa shape index (κ2) is 6.41. The number of hydrogen-bond donors (Lipinski definition) is 1. The predicted molar refractivity (Wildman–Crippen MR) is 66.3 cm³/mol. The van der Waals surface area contributed by atoms with Gasteiger partial charge in [-0.2, -0.15) is 0 Å². The van der Waals surface area contributed by atoms with Gasteiger partial charge in [0.1, 0.15) is 6.04 Å². The molecule has 1 aromatic heterocycles. The molecular formula is C10H11IN2O3. The first-order valence-corrected chi connectivity index (χ1v) is 5.64. The zero-order valence-electron chi connectivity index (χ0n) is 8.64. The van der Waals surface area contributed by atoms with E-state index in [4.69, 9.17) is 0 Å². The Kier molecular flexibility index (Phi) is 5.17. The summed E-state index contributed by atoms with van der Waals surface area (Å²) in [5.41, 5.74) is 0.932. The van der Waals surface area contributed by atoms with Crippen molar-refractivity contribution in [1.82, 2.24) is 10.3 Å². The van der Waals surface area contributed by atoms with Crippen LogP contribution >= 0.6 is 22.6 Å². The van der Waals surface area contributed by atoms with Crippen molar-refractivity contribution in [2.45, 2.75) is 12.5 Å². The maximum absolute atomic E-state index is 11.3. The number of carbonyl (C=O) groups is 2. The summed E-state index contributed by atoms with van der Waals surface area (Å²) in [5, 5.41) is 2.48. The monoisotopic (exact) mass is 334 g/mol. The van der Waals surface area contributed by atoms with Gasteiger partial charge in [0.05, 0.1) is 7.11 Å². The Labute approximate surface area is 107 Å². The van der Waals surface area contributed by atoms with Crippen LogP contribution in [0.3, 0.4) is 0 Å². The van der Waals surface area contributed by atoms with Crippen LogP contribution in [0, 0.1) is 0 Å². The van der Waals surface area contributed by atoms with Crippen LogP contribution in [0.25, 0.3) is 0 Å². The van der Waals surface area contributed by atoms with Crippen LogP contribution in [0.2, 0.25) is 0 Å². The molecule has 86 valence electrons. The summed E-state index contributed by atoms with van der Waals surface area (Å²) >= 11 is 1.66. The summed E-state index contributed by atoms with van der Waals surface area (Å²) in [5.74, 6) is 0. The third-order valence-electron chi connectivity index (χ3n) is 1.94. The lowest BCUT2D eigenvalue weighted by atomic mass is 10.1. The fourth-order valence-corrected chi connectivity index (χ4v) is 1.52. The van der Waals surface area contributed by atoms with Crippen molar-refractivity contribution in [2.24, 2.45) is 0 Å². The van der Waals surface area contributed by atoms with E-state index < -0.39 is 12.1 Å². The molecule has 16 heavy (non-hydrogen) atoms. The first kappa shape index (κ1) is 12.9. The van der Waals surface area contributed by atoms with Crippen molar-refractivity contribution in [1.29, 1.82) is 0 Å². The average molecular weight is 334 g/mol. The van der Waals surface area contributed by atoms with Crippen molar-refractivity contribution in [3.05, 3.63) is 30.1 Å². The standard InChI is InChI=1S/C10H11IN2O3/c1-16-10(15)13-8(9(11)14)6-7-2-4-12-5-3-7/h2-5,8H,6H2,1H3,(H,13,15)/t8-/m0/s1. The minimum absolute atomic E-state index is 0.139. The Hall–Kier alpha value is -1.18. The number of carbonyl (C=O) groups excluding carboxylic acids is 2. The van der Waals surface area contributed by atoms with Gasteiger partial charge in [0, 0.05) is 41.4 Å². The lowest BCUT2D eigenvalue weighted by Crippen LogP contribution is -2.40. The summed E-state index contributed by atoms with van der Waals surface area (Å²) in [6.45, 7) is 0. The number of aromatic nitrogens is 1. The summed E-state index contributed by atoms with van der Waals surface area (Å²) in [4.78, 5) is 26.2. The van der Waals surface area contributed by atoms with Crippen LogP contribution in [0.15, 0.2) is 24.5 Å². The highest BCUT2D eigenvalue weighted by Crippen LogP contribution is 2.06. The molecule has 0 spiro atoms. The SMILES string of the molecule is COC(=O)N[C@@H](Cc1ccncc1)C(=O)I. The average Bonchev–Trinajstić information content (AvgIpc) is 2.29. The Balaban J connectivity index is 2.65. The van der Waals surface area contributed by atoms with Crippen LogP contribution in [0.5, 0.6) is 0 Å². The molecule has 0 aliphatic carbocycles. The molecule has 1 rings (SSSR count). The summed E-state index contributed by atoms with van der Waals surface area (Å²) in [6, 6.07) is 3.02.